The topological polar surface area (TPSA) is 69.6 Å². The Balaban J connectivity index is 2.13. The third-order valence-electron chi connectivity index (χ3n) is 2.98. The fraction of sp³-hybridized carbons (Fsp3) is 0.833. The average Bonchev–Trinajstić information content (AvgIpc) is 2.76. The molecule has 5 nitrogen and oxygen atoms in total. The molecule has 6 heteroatoms. The Morgan fingerprint density at radius 1 is 1.50 bits per heavy atom. The molecule has 1 heterocycles. The normalized spacial score (nSPS) is 18.9. The maximum absolute atomic E-state index is 11.8. The molecule has 1 rings (SSSR count). The van der Waals surface area contributed by atoms with Gasteiger partial charge >= 0.3 is 12.0 Å². The predicted octanol–water partition coefficient (Wildman–Crippen LogP) is 1.64. The van der Waals surface area contributed by atoms with Crippen molar-refractivity contribution in [2.45, 2.75) is 26.2 Å². The van der Waals surface area contributed by atoms with Crippen molar-refractivity contribution in [2.24, 2.45) is 5.92 Å². The first-order valence-electron chi connectivity index (χ1n) is 6.45. The van der Waals surface area contributed by atoms with Crippen LogP contribution in [-0.4, -0.2) is 53.1 Å². The summed E-state index contributed by atoms with van der Waals surface area (Å²) >= 11 is 1.87. The quantitative estimate of drug-likeness (QED) is 0.692. The van der Waals surface area contributed by atoms with Gasteiger partial charge in [0.05, 0.1) is 0 Å². The van der Waals surface area contributed by atoms with Crippen molar-refractivity contribution in [2.75, 3.05) is 31.1 Å². The summed E-state index contributed by atoms with van der Waals surface area (Å²) in [6.45, 7) is 4.07. The van der Waals surface area contributed by atoms with Gasteiger partial charge in [0.25, 0.3) is 0 Å². The van der Waals surface area contributed by atoms with E-state index >= 15 is 0 Å². The number of carboxylic acids is 1. The van der Waals surface area contributed by atoms with E-state index in [9.17, 15) is 9.59 Å². The van der Waals surface area contributed by atoms with Gasteiger partial charge in [-0.25, -0.2) is 4.79 Å². The SMILES string of the molecule is CCSCCCNC(=O)N1CCC(CC(=O)O)C1. The van der Waals surface area contributed by atoms with Crippen LogP contribution in [0.5, 0.6) is 0 Å². The highest BCUT2D eigenvalue weighted by atomic mass is 32.2. The van der Waals surface area contributed by atoms with E-state index in [0.717, 1.165) is 24.3 Å². The largest absolute Gasteiger partial charge is 0.481 e. The summed E-state index contributed by atoms with van der Waals surface area (Å²) in [7, 11) is 0. The number of hydrogen-bond donors (Lipinski definition) is 2. The molecule has 2 amide bonds. The second-order valence-electron chi connectivity index (χ2n) is 4.48. The lowest BCUT2D eigenvalue weighted by Gasteiger charge is -2.17. The fourth-order valence-electron chi connectivity index (χ4n) is 2.06. The van der Waals surface area contributed by atoms with Gasteiger partial charge in [-0.05, 0) is 30.3 Å². The van der Waals surface area contributed by atoms with Crippen molar-refractivity contribution in [3.63, 3.8) is 0 Å². The Labute approximate surface area is 112 Å². The first kappa shape index (κ1) is 15.1. The lowest BCUT2D eigenvalue weighted by Crippen LogP contribution is -2.39. The van der Waals surface area contributed by atoms with E-state index < -0.39 is 5.97 Å². The summed E-state index contributed by atoms with van der Waals surface area (Å²) < 4.78 is 0. The molecule has 0 aromatic carbocycles. The van der Waals surface area contributed by atoms with Gasteiger partial charge in [0.2, 0.25) is 0 Å². The Hall–Kier alpha value is -0.910. The Morgan fingerprint density at radius 2 is 2.28 bits per heavy atom. The molecule has 0 radical (unpaired) electrons. The Morgan fingerprint density at radius 3 is 2.94 bits per heavy atom. The minimum Gasteiger partial charge on any atom is -0.481 e. The molecule has 0 bridgehead atoms. The van der Waals surface area contributed by atoms with E-state index in [2.05, 4.69) is 12.2 Å². The Bertz CT molecular complexity index is 286. The molecular weight excluding hydrogens is 252 g/mol. The number of thioether (sulfide) groups is 1. The third-order valence-corrected chi connectivity index (χ3v) is 3.97. The van der Waals surface area contributed by atoms with Crippen molar-refractivity contribution in [1.82, 2.24) is 10.2 Å². The van der Waals surface area contributed by atoms with Crippen molar-refractivity contribution in [3.8, 4) is 0 Å². The van der Waals surface area contributed by atoms with Gasteiger partial charge in [-0.2, -0.15) is 11.8 Å². The van der Waals surface area contributed by atoms with Gasteiger partial charge in [0.1, 0.15) is 0 Å². The molecule has 0 spiro atoms. The van der Waals surface area contributed by atoms with Gasteiger partial charge in [-0.3, -0.25) is 4.79 Å². The minimum absolute atomic E-state index is 0.0515. The molecule has 1 fully saturated rings. The summed E-state index contributed by atoms with van der Waals surface area (Å²) in [6.07, 6.45) is 1.94. The fourth-order valence-corrected chi connectivity index (χ4v) is 2.69. The van der Waals surface area contributed by atoms with E-state index in [1.165, 1.54) is 0 Å². The van der Waals surface area contributed by atoms with Crippen LogP contribution in [0.1, 0.15) is 26.2 Å². The summed E-state index contributed by atoms with van der Waals surface area (Å²) in [6, 6.07) is -0.0515. The van der Waals surface area contributed by atoms with Crippen LogP contribution in [0, 0.1) is 5.92 Å². The Kier molecular flexibility index (Phi) is 6.93. The van der Waals surface area contributed by atoms with Crippen LogP contribution in [0.3, 0.4) is 0 Å². The van der Waals surface area contributed by atoms with E-state index in [-0.39, 0.29) is 18.4 Å². The van der Waals surface area contributed by atoms with Gasteiger partial charge in [0.15, 0.2) is 0 Å². The van der Waals surface area contributed by atoms with Crippen LogP contribution in [-0.2, 0) is 4.79 Å². The number of nitrogens with zero attached hydrogens (tertiary/aromatic N) is 1. The number of nitrogens with one attached hydrogen (secondary N) is 1. The van der Waals surface area contributed by atoms with E-state index in [0.29, 0.717) is 19.6 Å². The van der Waals surface area contributed by atoms with Crippen LogP contribution in [0.15, 0.2) is 0 Å². The van der Waals surface area contributed by atoms with Crippen molar-refractivity contribution < 1.29 is 14.7 Å². The number of likely N-dealkylation sites (tertiary alicyclic amines) is 1. The maximum atomic E-state index is 11.8. The van der Waals surface area contributed by atoms with Crippen molar-refractivity contribution >= 4 is 23.8 Å². The molecule has 0 aromatic heterocycles. The standard InChI is InChI=1S/C12H22N2O3S/c1-2-18-7-3-5-13-12(17)14-6-4-10(9-14)8-11(15)16/h10H,2-9H2,1H3,(H,13,17)(H,15,16). The molecule has 1 atom stereocenters. The van der Waals surface area contributed by atoms with Gasteiger partial charge in [-0.1, -0.05) is 6.92 Å². The van der Waals surface area contributed by atoms with E-state index in [1.807, 2.05) is 11.8 Å². The molecule has 0 saturated carbocycles. The first-order chi connectivity index (χ1) is 8.63. The van der Waals surface area contributed by atoms with E-state index in [1.54, 1.807) is 4.90 Å². The molecule has 18 heavy (non-hydrogen) atoms. The maximum Gasteiger partial charge on any atom is 0.317 e. The highest BCUT2D eigenvalue weighted by Crippen LogP contribution is 2.19. The number of rotatable bonds is 7. The minimum atomic E-state index is -0.779. The van der Waals surface area contributed by atoms with Gasteiger partial charge in [-0.15, -0.1) is 0 Å². The lowest BCUT2D eigenvalue weighted by atomic mass is 10.1. The highest BCUT2D eigenvalue weighted by molar-refractivity contribution is 7.99. The van der Waals surface area contributed by atoms with Crippen molar-refractivity contribution in [1.29, 1.82) is 0 Å². The summed E-state index contributed by atoms with van der Waals surface area (Å²) in [5, 5.41) is 11.6. The average molecular weight is 274 g/mol. The molecule has 1 aliphatic heterocycles. The zero-order valence-corrected chi connectivity index (χ0v) is 11.7. The summed E-state index contributed by atoms with van der Waals surface area (Å²) in [4.78, 5) is 24.1. The predicted molar refractivity (Wildman–Crippen MR) is 72.9 cm³/mol. The van der Waals surface area contributed by atoms with E-state index in [4.69, 9.17) is 5.11 Å². The van der Waals surface area contributed by atoms with Crippen LogP contribution >= 0.6 is 11.8 Å². The second-order valence-corrected chi connectivity index (χ2v) is 5.87. The monoisotopic (exact) mass is 274 g/mol. The number of amides is 2. The van der Waals surface area contributed by atoms with Crippen LogP contribution < -0.4 is 5.32 Å². The lowest BCUT2D eigenvalue weighted by molar-refractivity contribution is -0.138. The number of aliphatic carboxylic acids is 1. The van der Waals surface area contributed by atoms with Gasteiger partial charge < -0.3 is 15.3 Å². The zero-order valence-electron chi connectivity index (χ0n) is 10.9. The zero-order chi connectivity index (χ0) is 13.4. The highest BCUT2D eigenvalue weighted by Gasteiger charge is 2.27. The van der Waals surface area contributed by atoms with Crippen molar-refractivity contribution in [3.05, 3.63) is 0 Å². The molecule has 0 aromatic rings. The first-order valence-corrected chi connectivity index (χ1v) is 7.61. The number of carboxylic acid groups (broad SMARTS) is 1. The number of carbonyl (C=O) groups excluding carboxylic acids is 1. The van der Waals surface area contributed by atoms with Crippen LogP contribution in [0.2, 0.25) is 0 Å². The number of hydrogen-bond acceptors (Lipinski definition) is 3. The molecule has 2 N–H and O–H groups in total. The molecule has 1 unspecified atom stereocenters. The summed E-state index contributed by atoms with van der Waals surface area (Å²) in [5.74, 6) is 1.51. The molecular formula is C12H22N2O3S. The van der Waals surface area contributed by atoms with Gasteiger partial charge in [0, 0.05) is 26.1 Å². The van der Waals surface area contributed by atoms with Crippen LogP contribution in [0.25, 0.3) is 0 Å². The molecule has 1 saturated heterocycles. The van der Waals surface area contributed by atoms with Crippen LogP contribution in [0.4, 0.5) is 4.79 Å². The summed E-state index contributed by atoms with van der Waals surface area (Å²) in [5.41, 5.74) is 0. The molecule has 0 aliphatic carbocycles. The third kappa shape index (κ3) is 5.62. The molecule has 104 valence electrons. The smallest absolute Gasteiger partial charge is 0.317 e. The second kappa shape index (κ2) is 8.24. The number of urea groups is 1. The molecule has 1 aliphatic rings. The number of carbonyl (C=O) groups is 2.